The number of imide groups is 2. The van der Waals surface area contributed by atoms with Crippen molar-refractivity contribution >= 4 is 52.5 Å². The first-order valence-electron chi connectivity index (χ1n) is 20.5. The Balaban J connectivity index is 0.751. The van der Waals surface area contributed by atoms with Gasteiger partial charge in [-0.15, -0.1) is 0 Å². The number of fused-ring (bicyclic) bond motifs is 1. The fraction of sp³-hybridized carbons (Fsp3) is 0.395. The van der Waals surface area contributed by atoms with Crippen molar-refractivity contribution in [3.05, 3.63) is 83.7 Å². The molecule has 3 aliphatic rings. The van der Waals surface area contributed by atoms with E-state index in [4.69, 9.17) is 4.74 Å². The van der Waals surface area contributed by atoms with Gasteiger partial charge >= 0.3 is 0 Å². The number of nitrogens with zero attached hydrogens (tertiary/aromatic N) is 5. The van der Waals surface area contributed by atoms with Gasteiger partial charge in [0.05, 0.1) is 41.9 Å². The highest BCUT2D eigenvalue weighted by Crippen LogP contribution is 2.33. The molecular formula is C43H50N10O7. The first kappa shape index (κ1) is 41.5. The average molecular weight is 819 g/mol. The highest BCUT2D eigenvalue weighted by Gasteiger charge is 2.45. The van der Waals surface area contributed by atoms with Gasteiger partial charge in [0.1, 0.15) is 17.5 Å². The minimum absolute atomic E-state index is 0.0219. The van der Waals surface area contributed by atoms with Gasteiger partial charge < -0.3 is 25.6 Å². The molecule has 60 heavy (non-hydrogen) atoms. The molecule has 5 N–H and O–H groups in total. The number of methoxy groups -OCH3 is 1. The second-order valence-electron chi connectivity index (χ2n) is 15.1. The van der Waals surface area contributed by atoms with E-state index in [2.05, 4.69) is 46.2 Å². The molecule has 6 amide bonds. The maximum absolute atomic E-state index is 13.3. The maximum Gasteiger partial charge on any atom is 0.274 e. The summed E-state index contributed by atoms with van der Waals surface area (Å²) in [7, 11) is 1.57. The molecule has 7 rings (SSSR count). The molecule has 2 aromatic heterocycles. The van der Waals surface area contributed by atoms with Gasteiger partial charge in [-0.05, 0) is 61.7 Å². The van der Waals surface area contributed by atoms with Gasteiger partial charge in [0.2, 0.25) is 17.7 Å². The summed E-state index contributed by atoms with van der Waals surface area (Å²) in [6, 6.07) is 16.8. The van der Waals surface area contributed by atoms with Crippen LogP contribution in [0.4, 0.5) is 17.1 Å². The molecule has 2 aromatic carbocycles. The van der Waals surface area contributed by atoms with Crippen molar-refractivity contribution in [1.29, 1.82) is 0 Å². The SMILES string of the molecule is COc1cc(N2CCN(CC(=O)NCCCCCCCCNc3cccc4c3C(=O)N(C3CCC(=O)NC3=O)C4=O)CC2)ccc1NC(=O)c1cccc(-c2ccn[nH]2)n1. The third-order valence-corrected chi connectivity index (χ3v) is 11.0. The Kier molecular flexibility index (Phi) is 13.4. The molecule has 0 bridgehead atoms. The van der Waals surface area contributed by atoms with Crippen LogP contribution < -0.4 is 30.9 Å². The van der Waals surface area contributed by atoms with E-state index in [1.165, 1.54) is 0 Å². The Hall–Kier alpha value is -6.62. The van der Waals surface area contributed by atoms with Gasteiger partial charge in [-0.1, -0.05) is 37.8 Å². The number of pyridine rings is 1. The maximum atomic E-state index is 13.3. The number of carbonyl (C=O) groups excluding carboxylic acids is 6. The molecule has 4 aromatic rings. The van der Waals surface area contributed by atoms with Gasteiger partial charge in [-0.25, -0.2) is 4.98 Å². The Morgan fingerprint density at radius 3 is 2.37 bits per heavy atom. The van der Waals surface area contributed by atoms with Crippen LogP contribution in [0.15, 0.2) is 66.9 Å². The van der Waals surface area contributed by atoms with E-state index in [9.17, 15) is 28.8 Å². The third kappa shape index (κ3) is 9.80. The number of aromatic amines is 1. The predicted octanol–water partition coefficient (Wildman–Crippen LogP) is 3.82. The number of hydrogen-bond acceptors (Lipinski definition) is 12. The van der Waals surface area contributed by atoms with Crippen molar-refractivity contribution in [2.75, 3.05) is 68.5 Å². The second kappa shape index (κ2) is 19.4. The van der Waals surface area contributed by atoms with E-state index >= 15 is 0 Å². The van der Waals surface area contributed by atoms with E-state index < -0.39 is 29.7 Å². The van der Waals surface area contributed by atoms with Crippen LogP contribution in [-0.2, 0) is 14.4 Å². The first-order chi connectivity index (χ1) is 29.2. The lowest BCUT2D eigenvalue weighted by Crippen LogP contribution is -2.54. The van der Waals surface area contributed by atoms with Crippen LogP contribution in [0.3, 0.4) is 0 Å². The number of piperazine rings is 1. The number of anilines is 3. The Labute approximate surface area is 347 Å². The summed E-state index contributed by atoms with van der Waals surface area (Å²) in [5.74, 6) is -1.86. The molecule has 1 atom stereocenters. The number of nitrogens with one attached hydrogen (secondary N) is 5. The van der Waals surface area contributed by atoms with Crippen molar-refractivity contribution < 1.29 is 33.5 Å². The molecule has 3 aliphatic heterocycles. The minimum atomic E-state index is -0.992. The van der Waals surface area contributed by atoms with Gasteiger partial charge in [0.25, 0.3) is 17.7 Å². The van der Waals surface area contributed by atoms with Crippen LogP contribution in [0, 0.1) is 0 Å². The fourth-order valence-corrected chi connectivity index (χ4v) is 7.77. The standard InChI is InChI=1S/C43H50N10O7/c1-60-36-26-28(14-15-32(36)48-40(56)34-13-9-11-30(47-34)31-18-21-46-50-31)52-24-22-51(23-25-52)27-38(55)45-20-7-5-3-2-4-6-19-44-33-12-8-10-29-39(33)43(59)53(42(29)58)35-16-17-37(54)49-41(35)57/h8-15,18,21,26,35,44H,2-7,16-17,19-20,22-25,27H2,1H3,(H,45,55)(H,46,50)(H,48,56)(H,49,54,57). The largest absolute Gasteiger partial charge is 0.494 e. The molecule has 0 aliphatic carbocycles. The number of unbranched alkanes of at least 4 members (excludes halogenated alkanes) is 5. The number of rotatable bonds is 18. The van der Waals surface area contributed by atoms with E-state index in [0.29, 0.717) is 42.5 Å². The number of hydrogen-bond donors (Lipinski definition) is 5. The summed E-state index contributed by atoms with van der Waals surface area (Å²) >= 11 is 0. The first-order valence-corrected chi connectivity index (χ1v) is 20.5. The molecular weight excluding hydrogens is 769 g/mol. The summed E-state index contributed by atoms with van der Waals surface area (Å²) in [6.07, 6.45) is 7.69. The lowest BCUT2D eigenvalue weighted by molar-refractivity contribution is -0.136. The summed E-state index contributed by atoms with van der Waals surface area (Å²) < 4.78 is 5.63. The van der Waals surface area contributed by atoms with Crippen LogP contribution in [0.1, 0.15) is 82.6 Å². The number of H-pyrrole nitrogens is 1. The summed E-state index contributed by atoms with van der Waals surface area (Å²) in [5.41, 5.74) is 4.21. The van der Waals surface area contributed by atoms with E-state index in [0.717, 1.165) is 81.0 Å². The molecule has 1 unspecified atom stereocenters. The predicted molar refractivity (Wildman–Crippen MR) is 224 cm³/mol. The Morgan fingerprint density at radius 2 is 1.62 bits per heavy atom. The van der Waals surface area contributed by atoms with Gasteiger partial charge in [-0.3, -0.25) is 49.0 Å². The van der Waals surface area contributed by atoms with E-state index in [1.807, 2.05) is 18.2 Å². The molecule has 0 spiro atoms. The molecule has 0 saturated carbocycles. The van der Waals surface area contributed by atoms with Crippen LogP contribution in [0.25, 0.3) is 11.4 Å². The van der Waals surface area contributed by atoms with Crippen molar-refractivity contribution in [3.63, 3.8) is 0 Å². The monoisotopic (exact) mass is 818 g/mol. The molecule has 0 radical (unpaired) electrons. The summed E-state index contributed by atoms with van der Waals surface area (Å²) in [5, 5.41) is 18.3. The molecule has 17 nitrogen and oxygen atoms in total. The highest BCUT2D eigenvalue weighted by molar-refractivity contribution is 6.25. The number of amides is 6. The normalized spacial score (nSPS) is 16.7. The third-order valence-electron chi connectivity index (χ3n) is 11.0. The van der Waals surface area contributed by atoms with Gasteiger partial charge in [0, 0.05) is 69.3 Å². The van der Waals surface area contributed by atoms with Crippen molar-refractivity contribution in [3.8, 4) is 17.1 Å². The smallest absolute Gasteiger partial charge is 0.274 e. The second-order valence-corrected chi connectivity index (χ2v) is 15.1. The summed E-state index contributed by atoms with van der Waals surface area (Å²) in [6.45, 7) is 4.59. The minimum Gasteiger partial charge on any atom is -0.494 e. The zero-order valence-corrected chi connectivity index (χ0v) is 33.6. The molecule has 2 fully saturated rings. The van der Waals surface area contributed by atoms with Crippen LogP contribution in [0.5, 0.6) is 5.75 Å². The number of piperidine rings is 1. The Morgan fingerprint density at radius 1 is 0.850 bits per heavy atom. The number of ether oxygens (including phenoxy) is 1. The van der Waals surface area contributed by atoms with E-state index in [-0.39, 0.29) is 41.5 Å². The van der Waals surface area contributed by atoms with Crippen LogP contribution in [-0.4, -0.2) is 119 Å². The lowest BCUT2D eigenvalue weighted by Gasteiger charge is -2.36. The van der Waals surface area contributed by atoms with Crippen molar-refractivity contribution in [1.82, 2.24) is 35.6 Å². The molecule has 17 heteroatoms. The quantitative estimate of drug-likeness (QED) is 0.0717. The molecule has 5 heterocycles. The number of carbonyl (C=O) groups is 6. The van der Waals surface area contributed by atoms with Crippen molar-refractivity contribution in [2.45, 2.75) is 57.4 Å². The number of aromatic nitrogens is 3. The van der Waals surface area contributed by atoms with Gasteiger partial charge in [0.15, 0.2) is 0 Å². The Bertz CT molecular complexity index is 2220. The van der Waals surface area contributed by atoms with Crippen LogP contribution in [0.2, 0.25) is 0 Å². The average Bonchev–Trinajstić information content (AvgIpc) is 3.89. The number of benzene rings is 2. The zero-order valence-electron chi connectivity index (χ0n) is 33.6. The zero-order chi connectivity index (χ0) is 42.0. The molecule has 2 saturated heterocycles. The highest BCUT2D eigenvalue weighted by atomic mass is 16.5. The van der Waals surface area contributed by atoms with Gasteiger partial charge in [-0.2, -0.15) is 5.10 Å². The van der Waals surface area contributed by atoms with E-state index in [1.54, 1.807) is 55.8 Å². The fourth-order valence-electron chi connectivity index (χ4n) is 7.77. The lowest BCUT2D eigenvalue weighted by atomic mass is 10.0. The van der Waals surface area contributed by atoms with Crippen LogP contribution >= 0.6 is 0 Å². The topological polar surface area (TPSA) is 211 Å². The summed E-state index contributed by atoms with van der Waals surface area (Å²) in [4.78, 5) is 85.9. The molecule has 314 valence electrons. The van der Waals surface area contributed by atoms with Crippen molar-refractivity contribution in [2.24, 2.45) is 0 Å².